The largest absolute Gasteiger partial charge is 0.504 e. The van der Waals surface area contributed by atoms with E-state index in [1.165, 1.54) is 16.7 Å². The van der Waals surface area contributed by atoms with Gasteiger partial charge in [0.05, 0.1) is 20.7 Å². The van der Waals surface area contributed by atoms with E-state index < -0.39 is 0 Å². The van der Waals surface area contributed by atoms with Gasteiger partial charge in [-0.05, 0) is 17.7 Å². The number of rotatable bonds is 3. The molecule has 3 rings (SSSR count). The Hall–Kier alpha value is -2.00. The van der Waals surface area contributed by atoms with E-state index in [9.17, 15) is 5.11 Å². The van der Waals surface area contributed by atoms with Crippen LogP contribution in [0.4, 0.5) is 0 Å². The summed E-state index contributed by atoms with van der Waals surface area (Å²) in [6.45, 7) is 3.07. The van der Waals surface area contributed by atoms with Crippen LogP contribution in [-0.2, 0) is 19.5 Å². The minimum absolute atomic E-state index is 0.240. The Bertz CT molecular complexity index is 639. The van der Waals surface area contributed by atoms with Crippen molar-refractivity contribution in [2.75, 3.05) is 20.7 Å². The fourth-order valence-electron chi connectivity index (χ4n) is 3.24. The van der Waals surface area contributed by atoms with Crippen LogP contribution in [0.15, 0.2) is 42.5 Å². The summed E-state index contributed by atoms with van der Waals surface area (Å²) in [7, 11) is 3.89. The van der Waals surface area contributed by atoms with E-state index in [4.69, 9.17) is 4.74 Å². The van der Waals surface area contributed by atoms with E-state index in [1.807, 2.05) is 12.1 Å². The minimum Gasteiger partial charge on any atom is -0.504 e. The Morgan fingerprint density at radius 1 is 1.14 bits per heavy atom. The SMILES string of the molecule is COc1cc2c(cc1O)C[N+](C)(Cc1ccccc1)CC2. The molecule has 0 radical (unpaired) electrons. The third-order valence-electron chi connectivity index (χ3n) is 4.38. The van der Waals surface area contributed by atoms with Crippen molar-refractivity contribution in [2.24, 2.45) is 0 Å². The van der Waals surface area contributed by atoms with E-state index >= 15 is 0 Å². The average Bonchev–Trinajstić information content (AvgIpc) is 2.47. The molecule has 0 bridgehead atoms. The number of phenolic OH excluding ortho intramolecular Hbond substituents is 1. The summed E-state index contributed by atoms with van der Waals surface area (Å²) in [5.41, 5.74) is 3.90. The Morgan fingerprint density at radius 2 is 1.90 bits per heavy atom. The number of ether oxygens (including phenoxy) is 1. The zero-order chi connectivity index (χ0) is 14.9. The predicted octanol–water partition coefficient (Wildman–Crippen LogP) is 3.10. The van der Waals surface area contributed by atoms with E-state index in [0.717, 1.165) is 30.5 Å². The molecule has 1 N–H and O–H groups in total. The standard InChI is InChI=1S/C18H21NO2/c1-19(12-14-6-4-3-5-7-14)9-8-15-11-18(21-2)17(20)10-16(15)13-19/h3-7,10-11H,8-9,12-13H2,1-2H3/p+1. The average molecular weight is 284 g/mol. The number of aromatic hydroxyl groups is 1. The minimum atomic E-state index is 0.240. The maximum atomic E-state index is 9.99. The molecule has 0 amide bonds. The van der Waals surface area contributed by atoms with Crippen LogP contribution in [0.5, 0.6) is 11.5 Å². The van der Waals surface area contributed by atoms with E-state index in [2.05, 4.69) is 37.4 Å². The van der Waals surface area contributed by atoms with Crippen LogP contribution < -0.4 is 4.74 Å². The molecule has 0 saturated carbocycles. The normalized spacial score (nSPS) is 20.9. The van der Waals surface area contributed by atoms with Gasteiger partial charge in [-0.15, -0.1) is 0 Å². The van der Waals surface area contributed by atoms with Crippen LogP contribution in [0.3, 0.4) is 0 Å². The van der Waals surface area contributed by atoms with Gasteiger partial charge in [0.1, 0.15) is 13.1 Å². The number of likely N-dealkylation sites (N-methyl/N-ethyl adjacent to an activating group) is 1. The summed E-state index contributed by atoms with van der Waals surface area (Å²) in [6, 6.07) is 14.5. The first-order valence-corrected chi connectivity index (χ1v) is 7.36. The molecule has 1 heterocycles. The zero-order valence-electron chi connectivity index (χ0n) is 12.7. The fraction of sp³-hybridized carbons (Fsp3) is 0.333. The molecular weight excluding hydrogens is 262 g/mol. The monoisotopic (exact) mass is 284 g/mol. The smallest absolute Gasteiger partial charge is 0.160 e. The Morgan fingerprint density at radius 3 is 2.62 bits per heavy atom. The molecule has 3 nitrogen and oxygen atoms in total. The maximum absolute atomic E-state index is 9.99. The van der Waals surface area contributed by atoms with Gasteiger partial charge in [-0.1, -0.05) is 30.3 Å². The molecule has 1 aliphatic heterocycles. The second kappa shape index (κ2) is 5.41. The second-order valence-electron chi connectivity index (χ2n) is 6.19. The summed E-state index contributed by atoms with van der Waals surface area (Å²) in [5.74, 6) is 0.817. The third kappa shape index (κ3) is 2.88. The van der Waals surface area contributed by atoms with Gasteiger partial charge in [0.2, 0.25) is 0 Å². The molecule has 0 saturated heterocycles. The Balaban J connectivity index is 1.85. The van der Waals surface area contributed by atoms with Crippen molar-refractivity contribution in [3.63, 3.8) is 0 Å². The third-order valence-corrected chi connectivity index (χ3v) is 4.38. The Kier molecular flexibility index (Phi) is 3.60. The summed E-state index contributed by atoms with van der Waals surface area (Å²) in [5, 5.41) is 9.99. The first-order valence-electron chi connectivity index (χ1n) is 7.36. The van der Waals surface area contributed by atoms with Crippen molar-refractivity contribution < 1.29 is 14.3 Å². The topological polar surface area (TPSA) is 29.5 Å². The van der Waals surface area contributed by atoms with Crippen LogP contribution in [0, 0.1) is 0 Å². The van der Waals surface area contributed by atoms with Crippen molar-refractivity contribution in [1.29, 1.82) is 0 Å². The van der Waals surface area contributed by atoms with Gasteiger partial charge >= 0.3 is 0 Å². The molecule has 0 fully saturated rings. The zero-order valence-corrected chi connectivity index (χ0v) is 12.7. The van der Waals surface area contributed by atoms with Gasteiger partial charge in [0.15, 0.2) is 11.5 Å². The number of benzene rings is 2. The number of nitrogens with zero attached hydrogens (tertiary/aromatic N) is 1. The van der Waals surface area contributed by atoms with Gasteiger partial charge in [0, 0.05) is 17.5 Å². The number of methoxy groups -OCH3 is 1. The van der Waals surface area contributed by atoms with Crippen molar-refractivity contribution in [3.05, 3.63) is 59.2 Å². The molecule has 3 heteroatoms. The van der Waals surface area contributed by atoms with E-state index in [1.54, 1.807) is 7.11 Å². The predicted molar refractivity (Wildman–Crippen MR) is 83.3 cm³/mol. The lowest BCUT2D eigenvalue weighted by Gasteiger charge is -2.39. The van der Waals surface area contributed by atoms with Gasteiger partial charge in [-0.3, -0.25) is 0 Å². The second-order valence-corrected chi connectivity index (χ2v) is 6.19. The van der Waals surface area contributed by atoms with E-state index in [0.29, 0.717) is 5.75 Å². The summed E-state index contributed by atoms with van der Waals surface area (Å²) >= 11 is 0. The van der Waals surface area contributed by atoms with Gasteiger partial charge in [0.25, 0.3) is 0 Å². The molecule has 0 aliphatic carbocycles. The van der Waals surface area contributed by atoms with Crippen molar-refractivity contribution in [2.45, 2.75) is 19.5 Å². The van der Waals surface area contributed by atoms with Crippen molar-refractivity contribution in [1.82, 2.24) is 0 Å². The molecular formula is C18H22NO2+. The molecule has 21 heavy (non-hydrogen) atoms. The number of phenols is 1. The summed E-state index contributed by atoms with van der Waals surface area (Å²) < 4.78 is 6.18. The van der Waals surface area contributed by atoms with Crippen LogP contribution in [0.2, 0.25) is 0 Å². The van der Waals surface area contributed by atoms with Crippen LogP contribution >= 0.6 is 0 Å². The number of quaternary nitrogens is 1. The molecule has 1 unspecified atom stereocenters. The molecule has 2 aromatic rings. The highest BCUT2D eigenvalue weighted by Crippen LogP contribution is 2.34. The first-order chi connectivity index (χ1) is 10.1. The highest BCUT2D eigenvalue weighted by molar-refractivity contribution is 5.46. The van der Waals surface area contributed by atoms with Crippen LogP contribution in [-0.4, -0.2) is 30.3 Å². The van der Waals surface area contributed by atoms with E-state index in [-0.39, 0.29) is 5.75 Å². The number of hydrogen-bond acceptors (Lipinski definition) is 2. The molecule has 1 aliphatic rings. The highest BCUT2D eigenvalue weighted by atomic mass is 16.5. The number of hydrogen-bond donors (Lipinski definition) is 1. The summed E-state index contributed by atoms with van der Waals surface area (Å²) in [4.78, 5) is 0. The molecule has 110 valence electrons. The molecule has 1 atom stereocenters. The van der Waals surface area contributed by atoms with Crippen molar-refractivity contribution in [3.8, 4) is 11.5 Å². The van der Waals surface area contributed by atoms with Gasteiger partial charge < -0.3 is 14.3 Å². The van der Waals surface area contributed by atoms with Crippen molar-refractivity contribution >= 4 is 0 Å². The van der Waals surface area contributed by atoms with Crippen LogP contribution in [0.1, 0.15) is 16.7 Å². The summed E-state index contributed by atoms with van der Waals surface area (Å²) in [6.07, 6.45) is 1.02. The fourth-order valence-corrected chi connectivity index (χ4v) is 3.24. The lowest BCUT2D eigenvalue weighted by atomic mass is 9.96. The first kappa shape index (κ1) is 14.0. The van der Waals surface area contributed by atoms with Crippen LogP contribution in [0.25, 0.3) is 0 Å². The van der Waals surface area contributed by atoms with Gasteiger partial charge in [-0.25, -0.2) is 0 Å². The quantitative estimate of drug-likeness (QED) is 0.878. The highest BCUT2D eigenvalue weighted by Gasteiger charge is 2.29. The lowest BCUT2D eigenvalue weighted by molar-refractivity contribution is -0.937. The van der Waals surface area contributed by atoms with Gasteiger partial charge in [-0.2, -0.15) is 0 Å². The molecule has 2 aromatic carbocycles. The number of fused-ring (bicyclic) bond motifs is 1. The lowest BCUT2D eigenvalue weighted by Crippen LogP contribution is -2.46. The molecule has 0 aromatic heterocycles. The molecule has 0 spiro atoms. The Labute approximate surface area is 126 Å². The maximum Gasteiger partial charge on any atom is 0.160 e.